The van der Waals surface area contributed by atoms with Crippen molar-refractivity contribution in [1.29, 1.82) is 0 Å². The number of fused-ring (bicyclic) bond motifs is 1. The van der Waals surface area contributed by atoms with Crippen molar-refractivity contribution >= 4 is 39.8 Å². The molecule has 0 aliphatic rings. The fourth-order valence-corrected chi connectivity index (χ4v) is 3.45. The lowest BCUT2D eigenvalue weighted by atomic mass is 10.1. The van der Waals surface area contributed by atoms with Gasteiger partial charge in [0.2, 0.25) is 5.62 Å². The molecule has 0 spiro atoms. The summed E-state index contributed by atoms with van der Waals surface area (Å²) >= 11 is 6.16. The van der Waals surface area contributed by atoms with Crippen LogP contribution in [0.5, 0.6) is 0 Å². The second kappa shape index (κ2) is 8.42. The van der Waals surface area contributed by atoms with E-state index in [1.165, 1.54) is 0 Å². The van der Waals surface area contributed by atoms with Crippen molar-refractivity contribution in [2.75, 3.05) is 17.6 Å². The van der Waals surface area contributed by atoms with Gasteiger partial charge in [0.1, 0.15) is 0 Å². The number of nitrogen functional groups attached to an aromatic ring is 1. The summed E-state index contributed by atoms with van der Waals surface area (Å²) < 4.78 is 2.11. The van der Waals surface area contributed by atoms with Gasteiger partial charge in [-0.15, -0.1) is 0 Å². The molecule has 0 saturated carbocycles. The number of benzene rings is 1. The number of rotatable bonds is 6. The number of nitrogens with two attached hydrogens (primary N) is 2. The maximum absolute atomic E-state index is 6.16. The molecular weight excluding hydrogens is 388 g/mol. The Bertz CT molecular complexity index is 1060. The zero-order valence-corrected chi connectivity index (χ0v) is 18.2. The molecule has 2 heterocycles. The number of aromatic amines is 1. The molecule has 0 fully saturated rings. The average molecular weight is 417 g/mol. The number of hydrogen-bond acceptors (Lipinski definition) is 6. The van der Waals surface area contributed by atoms with E-state index in [2.05, 4.69) is 52.8 Å². The van der Waals surface area contributed by atoms with E-state index in [-0.39, 0.29) is 18.0 Å². The van der Waals surface area contributed by atoms with Gasteiger partial charge in [0, 0.05) is 28.5 Å². The molecule has 2 aromatic heterocycles. The van der Waals surface area contributed by atoms with Gasteiger partial charge in [-0.25, -0.2) is 4.99 Å². The predicted octanol–water partition coefficient (Wildman–Crippen LogP) is 3.69. The Kier molecular flexibility index (Phi) is 6.14. The van der Waals surface area contributed by atoms with Crippen LogP contribution in [-0.4, -0.2) is 32.3 Å². The van der Waals surface area contributed by atoms with Gasteiger partial charge in [-0.3, -0.25) is 5.10 Å². The molecule has 0 aliphatic carbocycles. The van der Waals surface area contributed by atoms with Crippen molar-refractivity contribution in [3.8, 4) is 0 Å². The van der Waals surface area contributed by atoms with Crippen molar-refractivity contribution in [1.82, 2.24) is 19.7 Å². The first-order chi connectivity index (χ1) is 13.7. The van der Waals surface area contributed by atoms with Gasteiger partial charge in [-0.1, -0.05) is 25.4 Å². The van der Waals surface area contributed by atoms with E-state index >= 15 is 0 Å². The molecule has 1 aromatic carbocycles. The minimum absolute atomic E-state index is 0.0637. The van der Waals surface area contributed by atoms with Crippen LogP contribution in [-0.2, 0) is 0 Å². The molecule has 0 bridgehead atoms. The highest BCUT2D eigenvalue weighted by atomic mass is 35.5. The molecule has 1 atom stereocenters. The smallest absolute Gasteiger partial charge is 0.227 e. The third-order valence-electron chi connectivity index (χ3n) is 4.46. The summed E-state index contributed by atoms with van der Waals surface area (Å²) in [6, 6.07) is 5.37. The van der Waals surface area contributed by atoms with Crippen LogP contribution in [0.25, 0.3) is 11.0 Å². The van der Waals surface area contributed by atoms with Crippen LogP contribution in [0.2, 0.25) is 5.02 Å². The van der Waals surface area contributed by atoms with Crippen molar-refractivity contribution in [3.05, 3.63) is 34.5 Å². The van der Waals surface area contributed by atoms with Crippen LogP contribution in [0, 0.1) is 0 Å². The molecule has 0 aliphatic heterocycles. The Morgan fingerprint density at radius 1 is 1.21 bits per heavy atom. The Balaban J connectivity index is 2.29. The number of aromatic nitrogens is 4. The van der Waals surface area contributed by atoms with Gasteiger partial charge in [0.15, 0.2) is 11.3 Å². The summed E-state index contributed by atoms with van der Waals surface area (Å²) in [7, 11) is 0. The quantitative estimate of drug-likeness (QED) is 0.456. The molecule has 0 saturated heterocycles. The van der Waals surface area contributed by atoms with Gasteiger partial charge in [-0.2, -0.15) is 10.1 Å². The van der Waals surface area contributed by atoms with Crippen molar-refractivity contribution in [2.24, 2.45) is 10.7 Å². The lowest BCUT2D eigenvalue weighted by Crippen LogP contribution is -2.30. The Labute approximate surface area is 175 Å². The molecule has 0 amide bonds. The van der Waals surface area contributed by atoms with Gasteiger partial charge in [-0.05, 0) is 44.9 Å². The molecule has 0 radical (unpaired) electrons. The molecule has 3 rings (SSSR count). The van der Waals surface area contributed by atoms with Crippen molar-refractivity contribution < 1.29 is 0 Å². The number of H-pyrrole nitrogens is 1. The summed E-state index contributed by atoms with van der Waals surface area (Å²) in [5.41, 5.74) is 16.5. The normalized spacial score (nSPS) is 13.6. The van der Waals surface area contributed by atoms with E-state index in [1.807, 2.05) is 6.92 Å². The highest BCUT2D eigenvalue weighted by molar-refractivity contribution is 6.31. The van der Waals surface area contributed by atoms with Crippen LogP contribution < -0.4 is 22.4 Å². The number of nitrogens with zero attached hydrogens (tertiary/aromatic N) is 4. The van der Waals surface area contributed by atoms with Gasteiger partial charge in [0.25, 0.3) is 0 Å². The fourth-order valence-electron chi connectivity index (χ4n) is 3.20. The number of anilines is 3. The minimum Gasteiger partial charge on any atom is -0.399 e. The highest BCUT2D eigenvalue weighted by Crippen LogP contribution is 2.30. The number of halogens is 1. The van der Waals surface area contributed by atoms with Crippen LogP contribution >= 0.6 is 11.6 Å². The summed E-state index contributed by atoms with van der Waals surface area (Å²) in [4.78, 5) is 9.47. The van der Waals surface area contributed by atoms with E-state index in [9.17, 15) is 0 Å². The summed E-state index contributed by atoms with van der Waals surface area (Å²) in [6.07, 6.45) is 0. The van der Waals surface area contributed by atoms with Gasteiger partial charge in [0.05, 0.1) is 17.8 Å². The molecular formula is C20H29ClN8. The van der Waals surface area contributed by atoms with Crippen LogP contribution in [0.3, 0.4) is 0 Å². The van der Waals surface area contributed by atoms with Gasteiger partial charge >= 0.3 is 0 Å². The maximum Gasteiger partial charge on any atom is 0.227 e. The summed E-state index contributed by atoms with van der Waals surface area (Å²) in [5.74, 6) is 0.841. The third-order valence-corrected chi connectivity index (χ3v) is 4.68. The molecule has 8 nitrogen and oxygen atoms in total. The monoisotopic (exact) mass is 416 g/mol. The standard InChI is InChI=1S/C20H29ClN8/c1-10(2)16-18-17(28-27-16)19(25-15-7-13(21)6-14(23)8-15)26-20(24-9-12(5)22)29(18)11(3)4/h6-8,10-12H,9,22-23H2,1-5H3,(H,27,28)(H,24,25,26). The zero-order valence-electron chi connectivity index (χ0n) is 17.5. The number of nitrogens with one attached hydrogen (secondary N) is 2. The molecule has 156 valence electrons. The Morgan fingerprint density at radius 2 is 1.93 bits per heavy atom. The topological polar surface area (TPSA) is 123 Å². The fraction of sp³-hybridized carbons (Fsp3) is 0.450. The van der Waals surface area contributed by atoms with E-state index in [0.29, 0.717) is 28.7 Å². The highest BCUT2D eigenvalue weighted by Gasteiger charge is 2.20. The minimum atomic E-state index is -0.0637. The van der Waals surface area contributed by atoms with E-state index < -0.39 is 0 Å². The van der Waals surface area contributed by atoms with E-state index in [1.54, 1.807) is 18.2 Å². The van der Waals surface area contributed by atoms with Crippen LogP contribution in [0.1, 0.15) is 52.3 Å². The van der Waals surface area contributed by atoms with Crippen molar-refractivity contribution in [3.63, 3.8) is 0 Å². The molecule has 3 aromatic rings. The molecule has 29 heavy (non-hydrogen) atoms. The average Bonchev–Trinajstić information content (AvgIpc) is 3.03. The maximum atomic E-state index is 6.16. The first kappa shape index (κ1) is 21.1. The number of hydrogen-bond donors (Lipinski definition) is 4. The largest absolute Gasteiger partial charge is 0.399 e. The first-order valence-electron chi connectivity index (χ1n) is 9.77. The van der Waals surface area contributed by atoms with Crippen LogP contribution in [0.4, 0.5) is 17.2 Å². The SMILES string of the molecule is CC(N)CN=c1nc(Nc2cc(N)cc(Cl)c2)c2n[nH]c(C(C)C)c2n1C(C)C. The lowest BCUT2D eigenvalue weighted by molar-refractivity contribution is 0.564. The Hall–Kier alpha value is -2.58. The van der Waals surface area contributed by atoms with Crippen LogP contribution in [0.15, 0.2) is 23.2 Å². The predicted molar refractivity (Wildman–Crippen MR) is 120 cm³/mol. The van der Waals surface area contributed by atoms with E-state index in [0.717, 1.165) is 22.4 Å². The zero-order chi connectivity index (χ0) is 21.3. The van der Waals surface area contributed by atoms with E-state index in [4.69, 9.17) is 28.1 Å². The second-order valence-electron chi connectivity index (χ2n) is 7.93. The summed E-state index contributed by atoms with van der Waals surface area (Å²) in [5, 5.41) is 11.6. The first-order valence-corrected chi connectivity index (χ1v) is 10.1. The molecule has 9 heteroatoms. The van der Waals surface area contributed by atoms with Gasteiger partial charge < -0.3 is 21.4 Å². The molecule has 1 unspecified atom stereocenters. The second-order valence-corrected chi connectivity index (χ2v) is 8.37. The van der Waals surface area contributed by atoms with Crippen molar-refractivity contribution in [2.45, 2.75) is 52.6 Å². The summed E-state index contributed by atoms with van der Waals surface area (Å²) in [6.45, 7) is 10.9. The molecule has 6 N–H and O–H groups in total. The third kappa shape index (κ3) is 4.54. The lowest BCUT2D eigenvalue weighted by Gasteiger charge is -2.17. The Morgan fingerprint density at radius 3 is 2.52 bits per heavy atom.